The van der Waals surface area contributed by atoms with Gasteiger partial charge in [0.15, 0.2) is 0 Å². The summed E-state index contributed by atoms with van der Waals surface area (Å²) in [5.41, 5.74) is 1.42. The number of aryl methyl sites for hydroxylation is 2. The van der Waals surface area contributed by atoms with Crippen molar-refractivity contribution in [1.29, 1.82) is 0 Å². The highest BCUT2D eigenvalue weighted by Crippen LogP contribution is 2.23. The van der Waals surface area contributed by atoms with Gasteiger partial charge in [-0.1, -0.05) is 0 Å². The molecule has 1 aromatic heterocycles. The van der Waals surface area contributed by atoms with Crippen molar-refractivity contribution in [1.82, 2.24) is 14.9 Å². The Bertz CT molecular complexity index is 560. The number of nitrogens with zero attached hydrogens (tertiary/aromatic N) is 4. The molecule has 0 radical (unpaired) electrons. The predicted octanol–water partition coefficient (Wildman–Crippen LogP) is 2.93. The van der Waals surface area contributed by atoms with Crippen LogP contribution in [0.15, 0.2) is 6.20 Å². The second-order valence-corrected chi connectivity index (χ2v) is 7.23. The number of hydrogen-bond donors (Lipinski definition) is 0. The zero-order chi connectivity index (χ0) is 17.2. The molecular formula is C17H28N4O2. The van der Waals surface area contributed by atoms with Crippen LogP contribution in [-0.2, 0) is 4.74 Å². The number of anilines is 1. The maximum Gasteiger partial charge on any atom is 0.410 e. The first kappa shape index (κ1) is 17.5. The lowest BCUT2D eigenvalue weighted by Crippen LogP contribution is -2.47. The van der Waals surface area contributed by atoms with E-state index in [1.807, 2.05) is 41.7 Å². The van der Waals surface area contributed by atoms with E-state index in [1.165, 1.54) is 0 Å². The van der Waals surface area contributed by atoms with E-state index in [0.29, 0.717) is 0 Å². The monoisotopic (exact) mass is 320 g/mol. The van der Waals surface area contributed by atoms with Crippen LogP contribution in [0, 0.1) is 13.8 Å². The largest absolute Gasteiger partial charge is 0.444 e. The minimum absolute atomic E-state index is 0.208. The standard InChI is InChI=1S/C17H28N4O2/c1-12-11-18-13(2)15(19-12)21-9-7-14(8-10-21)20(6)16(22)23-17(3,4)5/h11,14H,7-10H2,1-6H3. The number of hydrogen-bond acceptors (Lipinski definition) is 5. The van der Waals surface area contributed by atoms with Crippen LogP contribution in [-0.4, -0.2) is 52.7 Å². The van der Waals surface area contributed by atoms with E-state index >= 15 is 0 Å². The molecule has 128 valence electrons. The van der Waals surface area contributed by atoms with Crippen LogP contribution < -0.4 is 4.90 Å². The molecule has 0 atom stereocenters. The summed E-state index contributed by atoms with van der Waals surface area (Å²) in [5.74, 6) is 0.961. The van der Waals surface area contributed by atoms with E-state index in [1.54, 1.807) is 11.1 Å². The molecule has 6 nitrogen and oxygen atoms in total. The van der Waals surface area contributed by atoms with Crippen LogP contribution >= 0.6 is 0 Å². The van der Waals surface area contributed by atoms with Gasteiger partial charge in [-0.2, -0.15) is 0 Å². The van der Waals surface area contributed by atoms with Gasteiger partial charge in [-0.3, -0.25) is 4.98 Å². The SMILES string of the molecule is Cc1cnc(C)c(N2CCC(N(C)C(=O)OC(C)(C)C)CC2)n1. The smallest absolute Gasteiger partial charge is 0.410 e. The third-order valence-corrected chi connectivity index (χ3v) is 4.04. The Morgan fingerprint density at radius 3 is 2.48 bits per heavy atom. The molecule has 1 aliphatic rings. The van der Waals surface area contributed by atoms with Crippen LogP contribution in [0.25, 0.3) is 0 Å². The maximum absolute atomic E-state index is 12.2. The molecule has 0 saturated carbocycles. The fourth-order valence-corrected chi connectivity index (χ4v) is 2.77. The Kier molecular flexibility index (Phi) is 5.12. The van der Waals surface area contributed by atoms with Crippen molar-refractivity contribution in [2.75, 3.05) is 25.0 Å². The summed E-state index contributed by atoms with van der Waals surface area (Å²) in [5, 5.41) is 0. The lowest BCUT2D eigenvalue weighted by Gasteiger charge is -2.38. The summed E-state index contributed by atoms with van der Waals surface area (Å²) < 4.78 is 5.45. The number of piperidine rings is 1. The Morgan fingerprint density at radius 2 is 1.91 bits per heavy atom. The molecule has 1 saturated heterocycles. The van der Waals surface area contributed by atoms with Crippen LogP contribution in [0.2, 0.25) is 0 Å². The Labute approximate surface area is 138 Å². The zero-order valence-corrected chi connectivity index (χ0v) is 15.1. The fourth-order valence-electron chi connectivity index (χ4n) is 2.77. The summed E-state index contributed by atoms with van der Waals surface area (Å²) in [4.78, 5) is 25.2. The van der Waals surface area contributed by atoms with Crippen LogP contribution in [0.3, 0.4) is 0 Å². The minimum atomic E-state index is -0.458. The normalized spacial score (nSPS) is 16.3. The average molecular weight is 320 g/mol. The summed E-state index contributed by atoms with van der Waals surface area (Å²) >= 11 is 0. The Balaban J connectivity index is 1.95. The van der Waals surface area contributed by atoms with Crippen molar-refractivity contribution in [3.63, 3.8) is 0 Å². The molecule has 0 unspecified atom stereocenters. The van der Waals surface area contributed by atoms with Gasteiger partial charge in [0.1, 0.15) is 11.4 Å². The third-order valence-electron chi connectivity index (χ3n) is 4.04. The van der Waals surface area contributed by atoms with Crippen molar-refractivity contribution in [3.8, 4) is 0 Å². The number of carbonyl (C=O) groups is 1. The molecule has 1 aromatic rings. The molecule has 2 heterocycles. The van der Waals surface area contributed by atoms with Crippen LogP contribution in [0.4, 0.5) is 10.6 Å². The number of ether oxygens (including phenoxy) is 1. The molecule has 6 heteroatoms. The lowest BCUT2D eigenvalue weighted by atomic mass is 10.0. The van der Waals surface area contributed by atoms with Gasteiger partial charge in [0.05, 0.1) is 11.4 Å². The minimum Gasteiger partial charge on any atom is -0.444 e. The molecule has 0 bridgehead atoms. The van der Waals surface area contributed by atoms with Gasteiger partial charge in [-0.05, 0) is 47.5 Å². The van der Waals surface area contributed by atoms with E-state index in [2.05, 4.69) is 14.9 Å². The second-order valence-electron chi connectivity index (χ2n) is 7.23. The van der Waals surface area contributed by atoms with Crippen molar-refractivity contribution in [2.45, 2.75) is 59.1 Å². The second kappa shape index (κ2) is 6.72. The van der Waals surface area contributed by atoms with E-state index < -0.39 is 5.60 Å². The number of rotatable bonds is 2. The Hall–Kier alpha value is -1.85. The molecule has 23 heavy (non-hydrogen) atoms. The molecule has 1 aliphatic heterocycles. The van der Waals surface area contributed by atoms with Gasteiger partial charge in [0.25, 0.3) is 0 Å². The van der Waals surface area contributed by atoms with Crippen molar-refractivity contribution in [2.24, 2.45) is 0 Å². The quantitative estimate of drug-likeness (QED) is 0.838. The molecule has 0 aliphatic carbocycles. The van der Waals surface area contributed by atoms with E-state index in [9.17, 15) is 4.79 Å². The van der Waals surface area contributed by atoms with Gasteiger partial charge < -0.3 is 14.5 Å². The fraction of sp³-hybridized carbons (Fsp3) is 0.706. The van der Waals surface area contributed by atoms with Crippen LogP contribution in [0.1, 0.15) is 45.0 Å². The van der Waals surface area contributed by atoms with Gasteiger partial charge >= 0.3 is 6.09 Å². The van der Waals surface area contributed by atoms with Gasteiger partial charge in [-0.25, -0.2) is 9.78 Å². The van der Waals surface area contributed by atoms with Gasteiger partial charge in [-0.15, -0.1) is 0 Å². The molecule has 0 spiro atoms. The van der Waals surface area contributed by atoms with Gasteiger partial charge in [0, 0.05) is 32.4 Å². The maximum atomic E-state index is 12.2. The highest BCUT2D eigenvalue weighted by atomic mass is 16.6. The highest BCUT2D eigenvalue weighted by Gasteiger charge is 2.29. The highest BCUT2D eigenvalue weighted by molar-refractivity contribution is 5.68. The molecule has 1 fully saturated rings. The van der Waals surface area contributed by atoms with E-state index in [-0.39, 0.29) is 12.1 Å². The summed E-state index contributed by atoms with van der Waals surface area (Å²) in [6.45, 7) is 11.4. The molecule has 1 amide bonds. The first-order chi connectivity index (χ1) is 10.7. The van der Waals surface area contributed by atoms with E-state index in [0.717, 1.165) is 43.1 Å². The lowest BCUT2D eigenvalue weighted by molar-refractivity contribution is 0.0201. The average Bonchev–Trinajstić information content (AvgIpc) is 2.47. The van der Waals surface area contributed by atoms with Crippen molar-refractivity contribution < 1.29 is 9.53 Å². The first-order valence-corrected chi connectivity index (χ1v) is 8.18. The van der Waals surface area contributed by atoms with Crippen molar-refractivity contribution in [3.05, 3.63) is 17.6 Å². The summed E-state index contributed by atoms with van der Waals surface area (Å²) in [7, 11) is 1.83. The topological polar surface area (TPSA) is 58.6 Å². The van der Waals surface area contributed by atoms with E-state index in [4.69, 9.17) is 4.74 Å². The summed E-state index contributed by atoms with van der Waals surface area (Å²) in [6, 6.07) is 0.208. The van der Waals surface area contributed by atoms with Gasteiger partial charge in [0.2, 0.25) is 0 Å². The molecule has 0 aromatic carbocycles. The molecule has 2 rings (SSSR count). The van der Waals surface area contributed by atoms with Crippen molar-refractivity contribution >= 4 is 11.9 Å². The van der Waals surface area contributed by atoms with Crippen LogP contribution in [0.5, 0.6) is 0 Å². The summed E-state index contributed by atoms with van der Waals surface area (Å²) in [6.07, 6.45) is 3.36. The predicted molar refractivity (Wildman–Crippen MR) is 90.7 cm³/mol. The zero-order valence-electron chi connectivity index (χ0n) is 15.1. The molecule has 0 N–H and O–H groups in total. The number of amides is 1. The first-order valence-electron chi connectivity index (χ1n) is 8.18. The Morgan fingerprint density at radius 1 is 1.30 bits per heavy atom. The molecular weight excluding hydrogens is 292 g/mol. The number of aromatic nitrogens is 2. The number of carbonyl (C=O) groups excluding carboxylic acids is 1. The third kappa shape index (κ3) is 4.56.